The average Bonchev–Trinajstić information content (AvgIpc) is 2.89. The normalized spacial score (nSPS) is 19.5. The summed E-state index contributed by atoms with van der Waals surface area (Å²) in [6, 6.07) is 25.1. The molecule has 1 N–H and O–H groups in total. The Morgan fingerprint density at radius 2 is 1.34 bits per heavy atom. The Kier molecular flexibility index (Phi) is 8.64. The third kappa shape index (κ3) is 6.74. The van der Waals surface area contributed by atoms with Crippen molar-refractivity contribution in [1.29, 1.82) is 0 Å². The third-order valence-electron chi connectivity index (χ3n) is 7.17. The van der Waals surface area contributed by atoms with Crippen LogP contribution in [0.1, 0.15) is 60.0 Å². The molecule has 1 aliphatic carbocycles. The Labute approximate surface area is 217 Å². The van der Waals surface area contributed by atoms with E-state index < -0.39 is 0 Å². The summed E-state index contributed by atoms with van der Waals surface area (Å²) < 4.78 is 0. The maximum atomic E-state index is 13.2. The minimum atomic E-state index is -0.0666. The van der Waals surface area contributed by atoms with Crippen molar-refractivity contribution in [1.82, 2.24) is 5.32 Å². The lowest BCUT2D eigenvalue weighted by Crippen LogP contribution is -2.42. The molecule has 1 fully saturated rings. The lowest BCUT2D eigenvalue weighted by molar-refractivity contribution is -0.126. The van der Waals surface area contributed by atoms with E-state index in [1.807, 2.05) is 78.9 Å². The van der Waals surface area contributed by atoms with Gasteiger partial charge in [0.2, 0.25) is 5.91 Å². The summed E-state index contributed by atoms with van der Waals surface area (Å²) in [5, 5.41) is 4.69. The lowest BCUT2D eigenvalue weighted by Gasteiger charge is -2.30. The zero-order valence-corrected chi connectivity index (χ0v) is 21.4. The molecule has 1 amide bonds. The Morgan fingerprint density at radius 3 is 1.94 bits per heavy atom. The Balaban J connectivity index is 1.39. The third-order valence-corrected chi connectivity index (χ3v) is 7.67. The standard InChI is InChI=1S/C30H31Cl2NO2/c1-20(28(22-13-17-27(32)18-14-22)19-21-7-15-26(31)16-8-21)33-30(35)25-11-9-24(10-12-25)29(34)23-5-3-2-4-6-23/h2-8,13-18,20,24-25,28H,9-12,19H2,1H3,(H,33,35)/t20-,24-,25+,28+/m1/s1. The molecule has 182 valence electrons. The molecule has 0 radical (unpaired) electrons. The van der Waals surface area contributed by atoms with Crippen LogP contribution in [0, 0.1) is 11.8 Å². The fourth-order valence-electron chi connectivity index (χ4n) is 5.07. The van der Waals surface area contributed by atoms with Gasteiger partial charge >= 0.3 is 0 Å². The molecular weight excluding hydrogens is 477 g/mol. The van der Waals surface area contributed by atoms with Crippen LogP contribution >= 0.6 is 23.2 Å². The van der Waals surface area contributed by atoms with E-state index in [1.165, 1.54) is 0 Å². The number of carbonyl (C=O) groups is 2. The smallest absolute Gasteiger partial charge is 0.223 e. The highest BCUT2D eigenvalue weighted by molar-refractivity contribution is 6.30. The maximum Gasteiger partial charge on any atom is 0.223 e. The second-order valence-corrected chi connectivity index (χ2v) is 10.4. The number of hydrogen-bond acceptors (Lipinski definition) is 2. The summed E-state index contributed by atoms with van der Waals surface area (Å²) in [4.78, 5) is 26.0. The summed E-state index contributed by atoms with van der Waals surface area (Å²) in [5.74, 6) is 0.319. The molecule has 1 aliphatic rings. The van der Waals surface area contributed by atoms with E-state index in [4.69, 9.17) is 23.2 Å². The molecule has 0 bridgehead atoms. The molecule has 0 unspecified atom stereocenters. The highest BCUT2D eigenvalue weighted by Gasteiger charge is 2.32. The number of halogens is 2. The van der Waals surface area contributed by atoms with Gasteiger partial charge in [0.05, 0.1) is 0 Å². The fraction of sp³-hybridized carbons (Fsp3) is 0.333. The molecule has 2 atom stereocenters. The SMILES string of the molecule is C[C@@H](NC(=O)[C@H]1CC[C@@H](C(=O)c2ccccc2)CC1)[C@H](Cc1ccc(Cl)cc1)c1ccc(Cl)cc1. The highest BCUT2D eigenvalue weighted by Crippen LogP contribution is 2.32. The molecule has 0 aliphatic heterocycles. The van der Waals surface area contributed by atoms with Gasteiger partial charge in [0.1, 0.15) is 0 Å². The molecule has 3 nitrogen and oxygen atoms in total. The van der Waals surface area contributed by atoms with Crippen LogP contribution in [0.15, 0.2) is 78.9 Å². The first-order valence-corrected chi connectivity index (χ1v) is 13.1. The van der Waals surface area contributed by atoms with Crippen LogP contribution in [0.5, 0.6) is 0 Å². The van der Waals surface area contributed by atoms with Gasteiger partial charge in [0.25, 0.3) is 0 Å². The van der Waals surface area contributed by atoms with Crippen molar-refractivity contribution in [2.75, 3.05) is 0 Å². The summed E-state index contributed by atoms with van der Waals surface area (Å²) in [6.07, 6.45) is 3.77. The van der Waals surface area contributed by atoms with Gasteiger partial charge < -0.3 is 5.32 Å². The van der Waals surface area contributed by atoms with Crippen LogP contribution < -0.4 is 5.32 Å². The summed E-state index contributed by atoms with van der Waals surface area (Å²) >= 11 is 12.2. The minimum Gasteiger partial charge on any atom is -0.353 e. The van der Waals surface area contributed by atoms with E-state index >= 15 is 0 Å². The molecule has 3 aromatic rings. The van der Waals surface area contributed by atoms with Crippen LogP contribution in [0.4, 0.5) is 0 Å². The summed E-state index contributed by atoms with van der Waals surface area (Å²) in [7, 11) is 0. The van der Waals surface area contributed by atoms with Crippen molar-refractivity contribution in [3.8, 4) is 0 Å². The van der Waals surface area contributed by atoms with E-state index in [0.29, 0.717) is 10.0 Å². The van der Waals surface area contributed by atoms with Gasteiger partial charge in [-0.1, -0.05) is 77.8 Å². The van der Waals surface area contributed by atoms with Crippen molar-refractivity contribution in [2.24, 2.45) is 11.8 Å². The van der Waals surface area contributed by atoms with Crippen LogP contribution in [0.2, 0.25) is 10.0 Å². The predicted octanol–water partition coefficient (Wildman–Crippen LogP) is 7.51. The molecule has 4 rings (SSSR count). The first-order valence-electron chi connectivity index (χ1n) is 12.3. The van der Waals surface area contributed by atoms with Crippen molar-refractivity contribution >= 4 is 34.9 Å². The van der Waals surface area contributed by atoms with Crippen LogP contribution in [0.25, 0.3) is 0 Å². The number of amides is 1. The average molecular weight is 508 g/mol. The molecule has 5 heteroatoms. The van der Waals surface area contributed by atoms with E-state index in [-0.39, 0.29) is 35.5 Å². The second-order valence-electron chi connectivity index (χ2n) is 9.56. The number of hydrogen-bond donors (Lipinski definition) is 1. The number of carbonyl (C=O) groups excluding carboxylic acids is 2. The molecule has 0 spiro atoms. The Morgan fingerprint density at radius 1 is 0.800 bits per heavy atom. The number of Topliss-reactive ketones (excluding diaryl/α,β-unsaturated/α-hetero) is 1. The van der Waals surface area contributed by atoms with E-state index in [9.17, 15) is 9.59 Å². The topological polar surface area (TPSA) is 46.2 Å². The molecule has 35 heavy (non-hydrogen) atoms. The maximum absolute atomic E-state index is 13.2. The van der Waals surface area contributed by atoms with Gasteiger partial charge in [-0.2, -0.15) is 0 Å². The number of ketones is 1. The fourth-order valence-corrected chi connectivity index (χ4v) is 5.32. The van der Waals surface area contributed by atoms with Crippen molar-refractivity contribution in [2.45, 2.75) is 51.0 Å². The first-order chi connectivity index (χ1) is 16.9. The van der Waals surface area contributed by atoms with Crippen LogP contribution in [-0.2, 0) is 11.2 Å². The second kappa shape index (κ2) is 11.9. The van der Waals surface area contributed by atoms with Gasteiger partial charge in [-0.25, -0.2) is 0 Å². The Hall–Kier alpha value is -2.62. The molecule has 0 heterocycles. The number of nitrogens with one attached hydrogen (secondary N) is 1. The van der Waals surface area contributed by atoms with Gasteiger partial charge in [-0.3, -0.25) is 9.59 Å². The molecule has 0 aromatic heterocycles. The van der Waals surface area contributed by atoms with Gasteiger partial charge in [-0.15, -0.1) is 0 Å². The highest BCUT2D eigenvalue weighted by atomic mass is 35.5. The van der Waals surface area contributed by atoms with Gasteiger partial charge in [0.15, 0.2) is 5.78 Å². The van der Waals surface area contributed by atoms with Gasteiger partial charge in [-0.05, 0) is 74.4 Å². The predicted molar refractivity (Wildman–Crippen MR) is 143 cm³/mol. The monoisotopic (exact) mass is 507 g/mol. The zero-order valence-electron chi connectivity index (χ0n) is 19.9. The van der Waals surface area contributed by atoms with Crippen LogP contribution in [0.3, 0.4) is 0 Å². The quantitative estimate of drug-likeness (QED) is 0.320. The molecule has 0 saturated heterocycles. The molecular formula is C30H31Cl2NO2. The number of benzene rings is 3. The number of rotatable bonds is 8. The van der Waals surface area contributed by atoms with Crippen molar-refractivity contribution < 1.29 is 9.59 Å². The van der Waals surface area contributed by atoms with Gasteiger partial charge in [0, 0.05) is 39.4 Å². The Bertz CT molecular complexity index is 1120. The van der Waals surface area contributed by atoms with E-state index in [1.54, 1.807) is 0 Å². The van der Waals surface area contributed by atoms with Crippen molar-refractivity contribution in [3.63, 3.8) is 0 Å². The molecule has 1 saturated carbocycles. The lowest BCUT2D eigenvalue weighted by atomic mass is 9.78. The first kappa shape index (κ1) is 25.5. The van der Waals surface area contributed by atoms with Crippen LogP contribution in [-0.4, -0.2) is 17.7 Å². The summed E-state index contributed by atoms with van der Waals surface area (Å²) in [5.41, 5.74) is 3.06. The molecule has 3 aromatic carbocycles. The summed E-state index contributed by atoms with van der Waals surface area (Å²) in [6.45, 7) is 2.07. The van der Waals surface area contributed by atoms with E-state index in [2.05, 4.69) is 12.2 Å². The zero-order chi connectivity index (χ0) is 24.8. The minimum absolute atomic E-state index is 0.00518. The van der Waals surface area contributed by atoms with Crippen molar-refractivity contribution in [3.05, 3.63) is 106 Å². The largest absolute Gasteiger partial charge is 0.353 e. The van der Waals surface area contributed by atoms with E-state index in [0.717, 1.165) is 48.8 Å².